The second-order valence-electron chi connectivity index (χ2n) is 5.91. The molecule has 7 nitrogen and oxygen atoms in total. The summed E-state index contributed by atoms with van der Waals surface area (Å²) in [6, 6.07) is 0.318. The van der Waals surface area contributed by atoms with Gasteiger partial charge in [-0.1, -0.05) is 6.92 Å². The number of aliphatic imine (C=N–C) groups is 1. The Kier molecular flexibility index (Phi) is 7.60. The molecule has 0 spiro atoms. The van der Waals surface area contributed by atoms with Crippen LogP contribution in [-0.2, 0) is 25.9 Å². The van der Waals surface area contributed by atoms with Gasteiger partial charge in [0.25, 0.3) is 0 Å². The number of fused-ring (bicyclic) bond motifs is 1. The maximum atomic E-state index is 4.68. The lowest BCUT2D eigenvalue weighted by Gasteiger charge is -2.25. The highest BCUT2D eigenvalue weighted by molar-refractivity contribution is 14.0. The molecule has 3 rings (SSSR count). The first-order valence-corrected chi connectivity index (χ1v) is 9.38. The van der Waals surface area contributed by atoms with Gasteiger partial charge in [-0.2, -0.15) is 5.10 Å². The molecule has 0 saturated heterocycles. The predicted molar refractivity (Wildman–Crippen MR) is 112 cm³/mol. The number of guanidine groups is 1. The summed E-state index contributed by atoms with van der Waals surface area (Å²) >= 11 is 1.74. The fourth-order valence-corrected chi connectivity index (χ4v) is 3.58. The van der Waals surface area contributed by atoms with Crippen molar-refractivity contribution < 1.29 is 0 Å². The van der Waals surface area contributed by atoms with E-state index in [1.54, 1.807) is 11.3 Å². The van der Waals surface area contributed by atoms with E-state index < -0.39 is 0 Å². The van der Waals surface area contributed by atoms with Gasteiger partial charge < -0.3 is 10.6 Å². The molecule has 3 heterocycles. The molecule has 1 atom stereocenters. The first-order valence-electron chi connectivity index (χ1n) is 8.56. The summed E-state index contributed by atoms with van der Waals surface area (Å²) < 4.78 is 2.01. The van der Waals surface area contributed by atoms with Crippen LogP contribution in [0.4, 0.5) is 0 Å². The van der Waals surface area contributed by atoms with Crippen molar-refractivity contribution in [2.75, 3.05) is 6.54 Å². The largest absolute Gasteiger partial charge is 0.357 e. The van der Waals surface area contributed by atoms with E-state index in [0.717, 1.165) is 55.0 Å². The standard InChI is InChI=1S/C16H25N7S.HI/c1-4-13-8-18-15(24-13)9-19-16(17-5-2)21-12-6-7-14-20-11(3)22-23(14)10-12;/h8,12H,4-7,9-10H2,1-3H3,(H2,17,19,21);1H. The Labute approximate surface area is 169 Å². The zero-order valence-corrected chi connectivity index (χ0v) is 18.1. The molecule has 2 aromatic heterocycles. The first-order chi connectivity index (χ1) is 11.7. The molecule has 0 fully saturated rings. The molecular formula is C16H26IN7S. The van der Waals surface area contributed by atoms with Crippen LogP contribution in [0.3, 0.4) is 0 Å². The molecule has 0 saturated carbocycles. The maximum absolute atomic E-state index is 4.68. The van der Waals surface area contributed by atoms with Crippen molar-refractivity contribution in [3.63, 3.8) is 0 Å². The molecule has 9 heteroatoms. The molecule has 1 unspecified atom stereocenters. The third-order valence-electron chi connectivity index (χ3n) is 3.97. The number of aromatic nitrogens is 4. The molecule has 2 N–H and O–H groups in total. The van der Waals surface area contributed by atoms with Gasteiger partial charge >= 0.3 is 0 Å². The minimum Gasteiger partial charge on any atom is -0.357 e. The van der Waals surface area contributed by atoms with Crippen LogP contribution in [0, 0.1) is 6.92 Å². The quantitative estimate of drug-likeness (QED) is 0.394. The van der Waals surface area contributed by atoms with E-state index in [-0.39, 0.29) is 24.0 Å². The fraction of sp³-hybridized carbons (Fsp3) is 0.625. The lowest BCUT2D eigenvalue weighted by atomic mass is 10.1. The molecule has 2 aromatic rings. The highest BCUT2D eigenvalue weighted by Crippen LogP contribution is 2.15. The molecule has 0 aliphatic carbocycles. The van der Waals surface area contributed by atoms with Crippen molar-refractivity contribution in [3.8, 4) is 0 Å². The van der Waals surface area contributed by atoms with Gasteiger partial charge in [0, 0.05) is 30.1 Å². The van der Waals surface area contributed by atoms with Gasteiger partial charge in [0.05, 0.1) is 13.1 Å². The summed E-state index contributed by atoms with van der Waals surface area (Å²) in [5, 5.41) is 12.4. The van der Waals surface area contributed by atoms with Crippen LogP contribution in [0.2, 0.25) is 0 Å². The van der Waals surface area contributed by atoms with Gasteiger partial charge in [-0.25, -0.2) is 19.6 Å². The van der Waals surface area contributed by atoms with Gasteiger partial charge in [-0.15, -0.1) is 35.3 Å². The first kappa shape index (κ1) is 20.1. The number of hydrogen-bond acceptors (Lipinski definition) is 5. The molecule has 138 valence electrons. The maximum Gasteiger partial charge on any atom is 0.191 e. The third-order valence-corrected chi connectivity index (χ3v) is 5.10. The number of thiazole rings is 1. The minimum absolute atomic E-state index is 0. The Morgan fingerprint density at radius 1 is 1.44 bits per heavy atom. The van der Waals surface area contributed by atoms with Crippen molar-refractivity contribution in [3.05, 3.63) is 27.7 Å². The van der Waals surface area contributed by atoms with Crippen molar-refractivity contribution in [2.45, 2.75) is 59.2 Å². The Balaban J connectivity index is 0.00000225. The molecular weight excluding hydrogens is 449 g/mol. The number of hydrogen-bond donors (Lipinski definition) is 2. The molecule has 0 aromatic carbocycles. The topological polar surface area (TPSA) is 80.0 Å². The average molecular weight is 475 g/mol. The zero-order valence-electron chi connectivity index (χ0n) is 14.9. The van der Waals surface area contributed by atoms with Crippen LogP contribution >= 0.6 is 35.3 Å². The SMILES string of the molecule is CCNC(=NCc1ncc(CC)s1)NC1CCc2nc(C)nn2C1.I. The van der Waals surface area contributed by atoms with Crippen molar-refractivity contribution in [1.29, 1.82) is 0 Å². The van der Waals surface area contributed by atoms with Gasteiger partial charge in [0.2, 0.25) is 0 Å². The average Bonchev–Trinajstić information content (AvgIpc) is 3.17. The van der Waals surface area contributed by atoms with E-state index in [9.17, 15) is 0 Å². The van der Waals surface area contributed by atoms with Crippen molar-refractivity contribution in [2.24, 2.45) is 4.99 Å². The van der Waals surface area contributed by atoms with E-state index in [1.807, 2.05) is 17.8 Å². The number of rotatable bonds is 5. The minimum atomic E-state index is 0. The molecule has 0 radical (unpaired) electrons. The Morgan fingerprint density at radius 3 is 3.00 bits per heavy atom. The summed E-state index contributed by atoms with van der Waals surface area (Å²) in [7, 11) is 0. The van der Waals surface area contributed by atoms with Crippen LogP contribution in [-0.4, -0.2) is 38.3 Å². The van der Waals surface area contributed by atoms with Crippen LogP contribution in [0.5, 0.6) is 0 Å². The monoisotopic (exact) mass is 475 g/mol. The van der Waals surface area contributed by atoms with E-state index >= 15 is 0 Å². The second kappa shape index (κ2) is 9.46. The second-order valence-corrected chi connectivity index (χ2v) is 7.11. The smallest absolute Gasteiger partial charge is 0.191 e. The summed E-state index contributed by atoms with van der Waals surface area (Å²) in [4.78, 5) is 14.9. The molecule has 1 aliphatic rings. The van der Waals surface area contributed by atoms with Crippen molar-refractivity contribution >= 4 is 41.3 Å². The van der Waals surface area contributed by atoms with Gasteiger partial charge in [-0.05, 0) is 26.7 Å². The summed E-state index contributed by atoms with van der Waals surface area (Å²) in [6.07, 6.45) is 4.97. The summed E-state index contributed by atoms with van der Waals surface area (Å²) in [5.74, 6) is 2.78. The van der Waals surface area contributed by atoms with Gasteiger partial charge in [0.15, 0.2) is 5.96 Å². The summed E-state index contributed by atoms with van der Waals surface area (Å²) in [5.41, 5.74) is 0. The van der Waals surface area contributed by atoms with Gasteiger partial charge in [-0.3, -0.25) is 0 Å². The highest BCUT2D eigenvalue weighted by atomic mass is 127. The van der Waals surface area contributed by atoms with E-state index in [0.29, 0.717) is 12.6 Å². The van der Waals surface area contributed by atoms with Crippen molar-refractivity contribution in [1.82, 2.24) is 30.4 Å². The van der Waals surface area contributed by atoms with Crippen LogP contribution < -0.4 is 10.6 Å². The number of aryl methyl sites for hydroxylation is 3. The number of halogens is 1. The highest BCUT2D eigenvalue weighted by Gasteiger charge is 2.21. The van der Waals surface area contributed by atoms with Gasteiger partial charge in [0.1, 0.15) is 16.7 Å². The molecule has 0 bridgehead atoms. The number of nitrogens with one attached hydrogen (secondary N) is 2. The Bertz CT molecular complexity index is 709. The Hall–Kier alpha value is -1.23. The normalized spacial score (nSPS) is 16.9. The number of nitrogens with zero attached hydrogens (tertiary/aromatic N) is 5. The van der Waals surface area contributed by atoms with E-state index in [4.69, 9.17) is 0 Å². The zero-order chi connectivity index (χ0) is 16.9. The van der Waals surface area contributed by atoms with E-state index in [2.05, 4.69) is 44.5 Å². The molecule has 25 heavy (non-hydrogen) atoms. The van der Waals surface area contributed by atoms with E-state index in [1.165, 1.54) is 4.88 Å². The molecule has 1 aliphatic heterocycles. The Morgan fingerprint density at radius 2 is 2.28 bits per heavy atom. The lowest BCUT2D eigenvalue weighted by molar-refractivity contribution is 0.392. The predicted octanol–water partition coefficient (Wildman–Crippen LogP) is 2.29. The van der Waals surface area contributed by atoms with Crippen LogP contribution in [0.1, 0.15) is 41.8 Å². The lowest BCUT2D eigenvalue weighted by Crippen LogP contribution is -2.47. The fourth-order valence-electron chi connectivity index (χ4n) is 2.80. The van der Waals surface area contributed by atoms with Crippen LogP contribution in [0.15, 0.2) is 11.2 Å². The molecule has 0 amide bonds. The summed E-state index contributed by atoms with van der Waals surface area (Å²) in [6.45, 7) is 8.45. The third kappa shape index (κ3) is 5.37. The van der Waals surface area contributed by atoms with Crippen LogP contribution in [0.25, 0.3) is 0 Å².